The number of rotatable bonds is 2. The molecule has 0 saturated heterocycles. The molecule has 6 heteroatoms. The predicted molar refractivity (Wildman–Crippen MR) is 56.1 cm³/mol. The maximum absolute atomic E-state index is 10.5. The van der Waals surface area contributed by atoms with E-state index in [9.17, 15) is 8.42 Å². The average Bonchev–Trinajstić information content (AvgIpc) is 2.15. The number of hydrogen-bond acceptors (Lipinski definition) is 3. The van der Waals surface area contributed by atoms with Crippen molar-refractivity contribution in [1.82, 2.24) is 0 Å². The zero-order valence-electron chi connectivity index (χ0n) is 8.62. The van der Waals surface area contributed by atoms with Crippen molar-refractivity contribution < 1.29 is 68.5 Å². The number of hydrogen-bond donors (Lipinski definition) is 1. The smallest absolute Gasteiger partial charge is 0.362 e. The van der Waals surface area contributed by atoms with Crippen molar-refractivity contribution in [3.05, 3.63) is 42.5 Å². The Labute approximate surface area is 136 Å². The molecule has 0 bridgehead atoms. The van der Waals surface area contributed by atoms with E-state index in [1.54, 1.807) is 12.1 Å². The molecule has 0 aliphatic heterocycles. The second-order valence-electron chi connectivity index (χ2n) is 3.02. The van der Waals surface area contributed by atoms with Gasteiger partial charge in [0.05, 0.1) is 0 Å². The molecule has 0 heterocycles. The van der Waals surface area contributed by atoms with E-state index in [1.165, 1.54) is 6.07 Å². The zero-order valence-corrected chi connectivity index (χ0v) is 12.6. The number of benzene rings is 2. The third-order valence-corrected chi connectivity index (χ3v) is 2.33. The standard InChI is InChI=1S/C10H8O4S.K/c11-15(12,13)14-10-6-5-8-3-1-2-4-9(8)7-10;/h1-7H,(H,11,12,13);/q;+1. The Kier molecular flexibility index (Phi) is 4.93. The van der Waals surface area contributed by atoms with Crippen LogP contribution < -0.4 is 55.6 Å². The molecule has 0 aromatic heterocycles. The van der Waals surface area contributed by atoms with Gasteiger partial charge >= 0.3 is 61.8 Å². The largest absolute Gasteiger partial charge is 1.00 e. The molecule has 0 saturated carbocycles. The number of fused-ring (bicyclic) bond motifs is 1. The average molecular weight is 263 g/mol. The van der Waals surface area contributed by atoms with Gasteiger partial charge in [-0.05, 0) is 22.9 Å². The Morgan fingerprint density at radius 2 is 1.62 bits per heavy atom. The summed E-state index contributed by atoms with van der Waals surface area (Å²) in [6.07, 6.45) is 0. The van der Waals surface area contributed by atoms with Crippen LogP contribution in [0.3, 0.4) is 0 Å². The maximum atomic E-state index is 10.5. The Bertz CT molecular complexity index is 595. The van der Waals surface area contributed by atoms with Crippen molar-refractivity contribution in [3.63, 3.8) is 0 Å². The van der Waals surface area contributed by atoms with Crippen LogP contribution in [0.25, 0.3) is 10.8 Å². The predicted octanol–water partition coefficient (Wildman–Crippen LogP) is -0.975. The van der Waals surface area contributed by atoms with Gasteiger partial charge in [-0.1, -0.05) is 30.3 Å². The zero-order chi connectivity index (χ0) is 10.9. The molecular formula is C10H8KO4S+. The van der Waals surface area contributed by atoms with Gasteiger partial charge in [0.1, 0.15) is 5.75 Å². The Morgan fingerprint density at radius 3 is 2.25 bits per heavy atom. The maximum Gasteiger partial charge on any atom is 1.00 e. The Balaban J connectivity index is 0.00000128. The molecule has 0 atom stereocenters. The van der Waals surface area contributed by atoms with Crippen molar-refractivity contribution >= 4 is 21.2 Å². The van der Waals surface area contributed by atoms with Gasteiger partial charge in [-0.3, -0.25) is 4.55 Å². The van der Waals surface area contributed by atoms with Crippen molar-refractivity contribution in [3.8, 4) is 5.75 Å². The van der Waals surface area contributed by atoms with Crippen LogP contribution in [0.2, 0.25) is 0 Å². The third kappa shape index (κ3) is 3.81. The minimum Gasteiger partial charge on any atom is -0.362 e. The van der Waals surface area contributed by atoms with E-state index in [0.717, 1.165) is 10.8 Å². The molecule has 0 radical (unpaired) electrons. The van der Waals surface area contributed by atoms with Crippen LogP contribution in [0.4, 0.5) is 0 Å². The van der Waals surface area contributed by atoms with Crippen LogP contribution in [-0.2, 0) is 10.4 Å². The molecule has 2 aromatic rings. The summed E-state index contributed by atoms with van der Waals surface area (Å²) < 4.78 is 33.8. The van der Waals surface area contributed by atoms with Crippen molar-refractivity contribution in [2.75, 3.05) is 0 Å². The quantitative estimate of drug-likeness (QED) is 0.559. The fourth-order valence-corrected chi connectivity index (χ4v) is 1.69. The van der Waals surface area contributed by atoms with E-state index < -0.39 is 10.4 Å². The molecule has 0 spiro atoms. The molecule has 4 nitrogen and oxygen atoms in total. The Morgan fingerprint density at radius 1 is 1.00 bits per heavy atom. The summed E-state index contributed by atoms with van der Waals surface area (Å²) in [5, 5.41) is 1.82. The monoisotopic (exact) mass is 263 g/mol. The molecular weight excluding hydrogens is 255 g/mol. The van der Waals surface area contributed by atoms with Crippen LogP contribution in [-0.4, -0.2) is 13.0 Å². The Hall–Kier alpha value is 0.0464. The van der Waals surface area contributed by atoms with E-state index in [-0.39, 0.29) is 57.1 Å². The van der Waals surface area contributed by atoms with Crippen LogP contribution in [0, 0.1) is 0 Å². The summed E-state index contributed by atoms with van der Waals surface area (Å²) in [6, 6.07) is 12.2. The summed E-state index contributed by atoms with van der Waals surface area (Å²) >= 11 is 0. The van der Waals surface area contributed by atoms with Gasteiger partial charge in [-0.15, -0.1) is 0 Å². The fraction of sp³-hybridized carbons (Fsp3) is 0. The fourth-order valence-electron chi connectivity index (χ4n) is 1.34. The second-order valence-corrected chi connectivity index (χ2v) is 4.04. The van der Waals surface area contributed by atoms with Crippen molar-refractivity contribution in [2.45, 2.75) is 0 Å². The van der Waals surface area contributed by atoms with Crippen molar-refractivity contribution in [2.24, 2.45) is 0 Å². The topological polar surface area (TPSA) is 63.6 Å². The summed E-state index contributed by atoms with van der Waals surface area (Å²) in [7, 11) is -4.45. The molecule has 2 rings (SSSR count). The van der Waals surface area contributed by atoms with Gasteiger partial charge in [-0.2, -0.15) is 8.42 Å². The van der Waals surface area contributed by atoms with Gasteiger partial charge in [0.15, 0.2) is 0 Å². The SMILES string of the molecule is O=S(=O)(O)Oc1ccc2ccccc2c1.[K+]. The first kappa shape index (κ1) is 14.1. The van der Waals surface area contributed by atoms with Crippen LogP contribution in [0.5, 0.6) is 5.75 Å². The van der Waals surface area contributed by atoms with Gasteiger partial charge in [0.25, 0.3) is 0 Å². The van der Waals surface area contributed by atoms with Crippen molar-refractivity contribution in [1.29, 1.82) is 0 Å². The summed E-state index contributed by atoms with van der Waals surface area (Å²) in [4.78, 5) is 0. The van der Waals surface area contributed by atoms with E-state index in [4.69, 9.17) is 4.55 Å². The first-order chi connectivity index (χ1) is 7.04. The first-order valence-electron chi connectivity index (χ1n) is 4.20. The summed E-state index contributed by atoms with van der Waals surface area (Å²) in [5.41, 5.74) is 0. The molecule has 0 unspecified atom stereocenters. The molecule has 2 aromatic carbocycles. The van der Waals surface area contributed by atoms with Crippen LogP contribution in [0.1, 0.15) is 0 Å². The molecule has 0 aliphatic carbocycles. The minimum atomic E-state index is -4.45. The molecule has 1 N–H and O–H groups in total. The van der Waals surface area contributed by atoms with Gasteiger partial charge in [0.2, 0.25) is 0 Å². The molecule has 16 heavy (non-hydrogen) atoms. The molecule has 0 fully saturated rings. The second kappa shape index (κ2) is 5.59. The van der Waals surface area contributed by atoms with E-state index in [2.05, 4.69) is 4.18 Å². The minimum absolute atomic E-state index is 0. The normalized spacial score (nSPS) is 10.8. The summed E-state index contributed by atoms with van der Waals surface area (Å²) in [5.74, 6) is 0.0937. The van der Waals surface area contributed by atoms with E-state index in [1.807, 2.05) is 24.3 Å². The van der Waals surface area contributed by atoms with Crippen LogP contribution >= 0.6 is 0 Å². The summed E-state index contributed by atoms with van der Waals surface area (Å²) in [6.45, 7) is 0. The van der Waals surface area contributed by atoms with Gasteiger partial charge < -0.3 is 4.18 Å². The van der Waals surface area contributed by atoms with E-state index in [0.29, 0.717) is 0 Å². The first-order valence-corrected chi connectivity index (χ1v) is 5.57. The molecule has 0 amide bonds. The van der Waals surface area contributed by atoms with E-state index >= 15 is 0 Å². The van der Waals surface area contributed by atoms with Crippen LogP contribution in [0.15, 0.2) is 42.5 Å². The van der Waals surface area contributed by atoms with Gasteiger partial charge in [-0.25, -0.2) is 0 Å². The third-order valence-electron chi connectivity index (χ3n) is 1.92. The molecule has 78 valence electrons. The molecule has 0 aliphatic rings. The van der Waals surface area contributed by atoms with Gasteiger partial charge in [0, 0.05) is 0 Å².